The molecule has 1 aromatic carbocycles. The average Bonchev–Trinajstić information content (AvgIpc) is 3.17. The van der Waals surface area contributed by atoms with Gasteiger partial charge in [0.1, 0.15) is 0 Å². The molecule has 0 saturated heterocycles. The van der Waals surface area contributed by atoms with Gasteiger partial charge in [-0.2, -0.15) is 13.2 Å². The molecule has 0 saturated carbocycles. The van der Waals surface area contributed by atoms with Crippen LogP contribution in [0.1, 0.15) is 20.8 Å². The first-order chi connectivity index (χ1) is 15.5. The number of amides is 2. The van der Waals surface area contributed by atoms with Crippen LogP contribution < -0.4 is 20.4 Å². The molecule has 33 heavy (non-hydrogen) atoms. The summed E-state index contributed by atoms with van der Waals surface area (Å²) in [4.78, 5) is 29.2. The van der Waals surface area contributed by atoms with Gasteiger partial charge in [0.05, 0.1) is 22.3 Å². The van der Waals surface area contributed by atoms with E-state index in [4.69, 9.17) is 34.8 Å². The lowest BCUT2D eigenvalue weighted by atomic mass is 10.1. The van der Waals surface area contributed by atoms with E-state index in [1.54, 1.807) is 0 Å². The molecule has 8 nitrogen and oxygen atoms in total. The highest BCUT2D eigenvalue weighted by atomic mass is 35.5. The molecule has 3 aromatic rings. The molecule has 3 rings (SSSR count). The molecule has 2 heterocycles. The number of alkyl halides is 3. The number of rotatable bonds is 6. The van der Waals surface area contributed by atoms with Crippen molar-refractivity contribution in [3.05, 3.63) is 62.9 Å². The van der Waals surface area contributed by atoms with E-state index in [1.165, 1.54) is 31.3 Å². The molecular weight excluding hydrogens is 510 g/mol. The first-order valence-corrected chi connectivity index (χ1v) is 9.98. The van der Waals surface area contributed by atoms with Gasteiger partial charge in [-0.3, -0.25) is 9.59 Å². The third-order valence-corrected chi connectivity index (χ3v) is 4.77. The quantitative estimate of drug-likeness (QED) is 0.514. The van der Waals surface area contributed by atoms with Crippen molar-refractivity contribution in [3.8, 4) is 11.7 Å². The first kappa shape index (κ1) is 24.4. The SMILES string of the molecule is CNC(=O)c1cc(Cl)cc(Cl)c1NC(=O)c1cc(OCC(F)(F)F)nn1-c1[n+]#cccc1Cl. The molecular formula is C19H12Cl3F3N5O3+. The van der Waals surface area contributed by atoms with Crippen molar-refractivity contribution in [3.63, 3.8) is 0 Å². The molecule has 2 N–H and O–H groups in total. The predicted molar refractivity (Wildman–Crippen MR) is 112 cm³/mol. The topological polar surface area (TPSA) is 99.3 Å². The second-order valence-electron chi connectivity index (χ2n) is 6.27. The average molecular weight is 522 g/mol. The highest BCUT2D eigenvalue weighted by Gasteiger charge is 2.33. The van der Waals surface area contributed by atoms with Crippen LogP contribution in [0.25, 0.3) is 5.82 Å². The van der Waals surface area contributed by atoms with E-state index < -0.39 is 30.5 Å². The molecule has 0 unspecified atom stereocenters. The molecule has 0 aliphatic heterocycles. The maximum Gasteiger partial charge on any atom is 0.430 e. The van der Waals surface area contributed by atoms with Gasteiger partial charge in [0.2, 0.25) is 5.69 Å². The summed E-state index contributed by atoms with van der Waals surface area (Å²) < 4.78 is 43.2. The largest absolute Gasteiger partial charge is 0.465 e. The van der Waals surface area contributed by atoms with Crippen molar-refractivity contribution in [2.75, 3.05) is 19.0 Å². The number of carbonyl (C=O) groups excluding carboxylic acids is 2. The summed E-state index contributed by atoms with van der Waals surface area (Å²) in [6.45, 7) is -1.64. The Kier molecular flexibility index (Phi) is 7.22. The van der Waals surface area contributed by atoms with Crippen LogP contribution in [-0.2, 0) is 0 Å². The van der Waals surface area contributed by atoms with Gasteiger partial charge >= 0.3 is 12.0 Å². The Bertz CT molecular complexity index is 1220. The van der Waals surface area contributed by atoms with E-state index in [2.05, 4.69) is 31.6 Å². The van der Waals surface area contributed by atoms with Gasteiger partial charge < -0.3 is 15.4 Å². The van der Waals surface area contributed by atoms with Crippen molar-refractivity contribution < 1.29 is 32.5 Å². The number of halogens is 6. The Morgan fingerprint density at radius 3 is 2.55 bits per heavy atom. The number of nitrogens with zero attached hydrogens (tertiary/aromatic N) is 3. The van der Waals surface area contributed by atoms with Crippen LogP contribution in [0.5, 0.6) is 5.88 Å². The highest BCUT2D eigenvalue weighted by molar-refractivity contribution is 6.38. The van der Waals surface area contributed by atoms with Crippen LogP contribution in [-0.4, -0.2) is 41.4 Å². The summed E-state index contributed by atoms with van der Waals surface area (Å²) in [6, 6.07) is 6.31. The number of benzene rings is 1. The minimum absolute atomic E-state index is 0.0313. The standard InChI is InChI=1S/C19H11Cl3F3N5O3/c1-26-17(31)10-5-9(20)6-12(22)15(10)28-18(32)13-7-14(33-8-19(23,24)25)29-30(13)16-11(21)3-2-4-27-16/h2-3,5-7H,8H2,1H3,(H-,26,28,31,32)/p+1. The minimum Gasteiger partial charge on any atom is -0.465 e. The number of nitrogens with one attached hydrogen (secondary N) is 2. The maximum absolute atomic E-state index is 13.1. The van der Waals surface area contributed by atoms with Gasteiger partial charge in [0, 0.05) is 18.1 Å². The smallest absolute Gasteiger partial charge is 0.430 e. The summed E-state index contributed by atoms with van der Waals surface area (Å²) in [6.07, 6.45) is -2.14. The zero-order valence-corrected chi connectivity index (χ0v) is 18.7. The van der Waals surface area contributed by atoms with Gasteiger partial charge in [-0.15, -0.1) is 4.98 Å². The molecule has 2 aromatic heterocycles. The number of anilines is 1. The number of hydrogen-bond donors (Lipinski definition) is 2. The first-order valence-electron chi connectivity index (χ1n) is 8.85. The lowest BCUT2D eigenvalue weighted by Gasteiger charge is -2.12. The molecule has 0 radical (unpaired) electrons. The zero-order valence-electron chi connectivity index (χ0n) is 16.4. The number of carbonyl (C=O) groups is 2. The fourth-order valence-corrected chi connectivity index (χ4v) is 3.31. The molecule has 0 atom stereocenters. The van der Waals surface area contributed by atoms with Crippen LogP contribution in [0.15, 0.2) is 30.3 Å². The lowest BCUT2D eigenvalue weighted by Crippen LogP contribution is -2.24. The predicted octanol–water partition coefficient (Wildman–Crippen LogP) is 3.79. The van der Waals surface area contributed by atoms with Gasteiger partial charge in [0.15, 0.2) is 17.8 Å². The van der Waals surface area contributed by atoms with Crippen molar-refractivity contribution in [1.29, 1.82) is 0 Å². The van der Waals surface area contributed by atoms with E-state index in [0.717, 1.165) is 10.7 Å². The van der Waals surface area contributed by atoms with E-state index in [0.29, 0.717) is 0 Å². The summed E-state index contributed by atoms with van der Waals surface area (Å²) >= 11 is 18.2. The fraction of sp³-hybridized carbons (Fsp3) is 0.158. The summed E-state index contributed by atoms with van der Waals surface area (Å²) in [5.74, 6) is -2.12. The van der Waals surface area contributed by atoms with Gasteiger partial charge in [-0.25, -0.2) is 0 Å². The van der Waals surface area contributed by atoms with Crippen molar-refractivity contribution in [1.82, 2.24) is 15.1 Å². The van der Waals surface area contributed by atoms with E-state index >= 15 is 0 Å². The number of ether oxygens (including phenoxy) is 1. The zero-order chi connectivity index (χ0) is 24.3. The van der Waals surface area contributed by atoms with Crippen molar-refractivity contribution in [2.45, 2.75) is 6.18 Å². The second kappa shape index (κ2) is 9.74. The van der Waals surface area contributed by atoms with E-state index in [9.17, 15) is 22.8 Å². The Labute approximate surface area is 199 Å². The van der Waals surface area contributed by atoms with Crippen LogP contribution >= 0.6 is 34.8 Å². The fourth-order valence-electron chi connectivity index (χ4n) is 2.59. The van der Waals surface area contributed by atoms with Crippen molar-refractivity contribution >= 4 is 52.3 Å². The molecule has 0 aliphatic carbocycles. The Hall–Kier alpha value is -3.20. The summed E-state index contributed by atoms with van der Waals surface area (Å²) in [5.41, 5.74) is -0.447. The molecule has 0 aliphatic rings. The molecule has 2 amide bonds. The molecule has 172 valence electrons. The molecule has 0 fully saturated rings. The highest BCUT2D eigenvalue weighted by Crippen LogP contribution is 2.31. The van der Waals surface area contributed by atoms with Crippen LogP contribution in [0.2, 0.25) is 15.1 Å². The van der Waals surface area contributed by atoms with E-state index in [1.807, 2.05) is 0 Å². The number of hydrogen-bond acceptors (Lipinski definition) is 4. The maximum atomic E-state index is 13.1. The third kappa shape index (κ3) is 5.78. The van der Waals surface area contributed by atoms with Crippen LogP contribution in [0, 0.1) is 6.20 Å². The van der Waals surface area contributed by atoms with Gasteiger partial charge in [0.25, 0.3) is 17.7 Å². The molecule has 0 bridgehead atoms. The van der Waals surface area contributed by atoms with E-state index in [-0.39, 0.29) is 37.8 Å². The Balaban J connectivity index is 2.05. The van der Waals surface area contributed by atoms with Gasteiger partial charge in [-0.05, 0) is 23.3 Å². The monoisotopic (exact) mass is 520 g/mol. The van der Waals surface area contributed by atoms with Crippen LogP contribution in [0.3, 0.4) is 0 Å². The number of aromatic nitrogens is 3. The molecule has 0 spiro atoms. The Morgan fingerprint density at radius 2 is 1.91 bits per heavy atom. The molecule has 14 heteroatoms. The normalized spacial score (nSPS) is 11.0. The van der Waals surface area contributed by atoms with Crippen molar-refractivity contribution in [2.24, 2.45) is 0 Å². The lowest BCUT2D eigenvalue weighted by molar-refractivity contribution is -0.290. The third-order valence-electron chi connectivity index (χ3n) is 3.96. The minimum atomic E-state index is -4.64. The second-order valence-corrected chi connectivity index (χ2v) is 7.52. The summed E-state index contributed by atoms with van der Waals surface area (Å²) in [7, 11) is 1.36. The van der Waals surface area contributed by atoms with Gasteiger partial charge in [-0.1, -0.05) is 39.5 Å². The van der Waals surface area contributed by atoms with Crippen LogP contribution in [0.4, 0.5) is 18.9 Å². The summed E-state index contributed by atoms with van der Waals surface area (Å²) in [5, 5.41) is 8.79. The Morgan fingerprint density at radius 1 is 1.18 bits per heavy atom.